The molecule has 0 N–H and O–H groups in total. The number of hydrogen-bond donors (Lipinski definition) is 0. The van der Waals surface area contributed by atoms with Crippen molar-refractivity contribution in [1.82, 2.24) is 9.80 Å². The van der Waals surface area contributed by atoms with Crippen LogP contribution in [0, 0.1) is 5.92 Å². The Kier molecular flexibility index (Phi) is 5.16. The van der Waals surface area contributed by atoms with Gasteiger partial charge in [0.15, 0.2) is 0 Å². The molecule has 0 aromatic heterocycles. The van der Waals surface area contributed by atoms with Crippen LogP contribution in [0.5, 0.6) is 0 Å². The summed E-state index contributed by atoms with van der Waals surface area (Å²) >= 11 is 0. The minimum absolute atomic E-state index is 0.125. The summed E-state index contributed by atoms with van der Waals surface area (Å²) in [7, 11) is 0. The molecule has 0 unspecified atom stereocenters. The number of hydrogen-bond acceptors (Lipinski definition) is 5. The van der Waals surface area contributed by atoms with Crippen LogP contribution in [0.15, 0.2) is 0 Å². The molecule has 2 rings (SSSR count). The van der Waals surface area contributed by atoms with E-state index in [1.807, 2.05) is 20.8 Å². The highest BCUT2D eigenvalue weighted by atomic mass is 16.6. The van der Waals surface area contributed by atoms with E-state index < -0.39 is 17.6 Å². The Morgan fingerprint density at radius 3 is 2.17 bits per heavy atom. The summed E-state index contributed by atoms with van der Waals surface area (Å²) in [5.74, 6) is -1.53. The molecular weight excluding hydrogens is 300 g/mol. The molecule has 2 saturated heterocycles. The summed E-state index contributed by atoms with van der Waals surface area (Å²) in [6.07, 6.45) is 1.87. The van der Waals surface area contributed by atoms with Crippen LogP contribution in [0.1, 0.15) is 46.5 Å². The Labute approximate surface area is 136 Å². The molecule has 2 amide bonds. The van der Waals surface area contributed by atoms with Crippen molar-refractivity contribution in [3.63, 3.8) is 0 Å². The largest absolute Gasteiger partial charge is 0.548 e. The molecule has 0 aromatic carbocycles. The number of piperidine rings is 1. The first-order chi connectivity index (χ1) is 10.7. The Bertz CT molecular complexity index is 477. The van der Waals surface area contributed by atoms with E-state index in [1.165, 1.54) is 4.90 Å². The zero-order chi connectivity index (χ0) is 17.2. The molecule has 7 heteroatoms. The molecule has 1 atom stereocenters. The van der Waals surface area contributed by atoms with E-state index in [2.05, 4.69) is 0 Å². The summed E-state index contributed by atoms with van der Waals surface area (Å²) in [5.41, 5.74) is -0.541. The lowest BCUT2D eigenvalue weighted by molar-refractivity contribution is -0.310. The first-order valence-electron chi connectivity index (χ1n) is 8.18. The average Bonchev–Trinajstić information content (AvgIpc) is 2.94. The third-order valence-electron chi connectivity index (χ3n) is 4.30. The monoisotopic (exact) mass is 325 g/mol. The van der Waals surface area contributed by atoms with Gasteiger partial charge in [-0.1, -0.05) is 0 Å². The van der Waals surface area contributed by atoms with Crippen molar-refractivity contribution < 1.29 is 24.2 Å². The lowest BCUT2D eigenvalue weighted by Gasteiger charge is -2.35. The van der Waals surface area contributed by atoms with Crippen LogP contribution in [0.25, 0.3) is 0 Å². The standard InChI is InChI=1S/C16H26N2O5/c1-16(2,3)23-15(22)17-9-6-11(7-10-17)13(19)18-8-4-5-12(18)14(20)21/h11-12H,4-10H2,1-3H3,(H,20,21)/p-1/t12-/m1/s1. The lowest BCUT2D eigenvalue weighted by atomic mass is 9.95. The topological polar surface area (TPSA) is 90.0 Å². The molecular formula is C16H25N2O5-. The molecule has 23 heavy (non-hydrogen) atoms. The van der Waals surface area contributed by atoms with E-state index in [-0.39, 0.29) is 17.9 Å². The first kappa shape index (κ1) is 17.6. The second-order valence-corrected chi connectivity index (χ2v) is 7.25. The van der Waals surface area contributed by atoms with Crippen molar-refractivity contribution in [2.75, 3.05) is 19.6 Å². The minimum Gasteiger partial charge on any atom is -0.548 e. The van der Waals surface area contributed by atoms with Crippen LogP contribution in [-0.2, 0) is 14.3 Å². The molecule has 0 aromatic rings. The number of likely N-dealkylation sites (tertiary alicyclic amines) is 2. The molecule has 0 aliphatic carbocycles. The number of amides is 2. The third-order valence-corrected chi connectivity index (χ3v) is 4.30. The Morgan fingerprint density at radius 2 is 1.65 bits per heavy atom. The van der Waals surface area contributed by atoms with Gasteiger partial charge in [-0.2, -0.15) is 0 Å². The van der Waals surface area contributed by atoms with E-state index in [1.54, 1.807) is 4.90 Å². The summed E-state index contributed by atoms with van der Waals surface area (Å²) in [4.78, 5) is 38.7. The zero-order valence-corrected chi connectivity index (χ0v) is 14.0. The normalized spacial score (nSPS) is 23.0. The van der Waals surface area contributed by atoms with Crippen molar-refractivity contribution in [1.29, 1.82) is 0 Å². The van der Waals surface area contributed by atoms with Gasteiger partial charge in [-0.15, -0.1) is 0 Å². The molecule has 2 fully saturated rings. The van der Waals surface area contributed by atoms with E-state index >= 15 is 0 Å². The van der Waals surface area contributed by atoms with Crippen molar-refractivity contribution in [2.45, 2.75) is 58.1 Å². The maximum Gasteiger partial charge on any atom is 0.410 e. The molecule has 2 aliphatic heterocycles. The van der Waals surface area contributed by atoms with Gasteiger partial charge in [0, 0.05) is 25.6 Å². The molecule has 0 saturated carbocycles. The number of carbonyl (C=O) groups excluding carboxylic acids is 3. The van der Waals surface area contributed by atoms with Gasteiger partial charge >= 0.3 is 6.09 Å². The maximum absolute atomic E-state index is 12.5. The number of rotatable bonds is 2. The Hall–Kier alpha value is -1.79. The van der Waals surface area contributed by atoms with Gasteiger partial charge in [0.2, 0.25) is 5.91 Å². The van der Waals surface area contributed by atoms with Crippen LogP contribution in [-0.4, -0.2) is 59.0 Å². The van der Waals surface area contributed by atoms with Gasteiger partial charge in [0.1, 0.15) is 5.60 Å². The number of nitrogens with zero attached hydrogens (tertiary/aromatic N) is 2. The smallest absolute Gasteiger partial charge is 0.410 e. The second-order valence-electron chi connectivity index (χ2n) is 7.25. The molecule has 7 nitrogen and oxygen atoms in total. The highest BCUT2D eigenvalue weighted by Gasteiger charge is 2.36. The summed E-state index contributed by atoms with van der Waals surface area (Å²) in [6, 6.07) is -0.800. The van der Waals surface area contributed by atoms with Crippen molar-refractivity contribution in [2.24, 2.45) is 5.92 Å². The minimum atomic E-state index is -1.18. The van der Waals surface area contributed by atoms with Crippen molar-refractivity contribution >= 4 is 18.0 Å². The summed E-state index contributed by atoms with van der Waals surface area (Å²) in [6.45, 7) is 6.83. The first-order valence-corrected chi connectivity index (χ1v) is 8.18. The van der Waals surface area contributed by atoms with Gasteiger partial charge in [0.25, 0.3) is 0 Å². The number of aliphatic carboxylic acids is 1. The molecule has 0 spiro atoms. The molecule has 0 radical (unpaired) electrons. The zero-order valence-electron chi connectivity index (χ0n) is 14.0. The second kappa shape index (κ2) is 6.76. The molecule has 130 valence electrons. The van der Waals surface area contributed by atoms with E-state index in [0.29, 0.717) is 45.3 Å². The van der Waals surface area contributed by atoms with E-state index in [9.17, 15) is 19.5 Å². The Morgan fingerprint density at radius 1 is 1.04 bits per heavy atom. The predicted molar refractivity (Wildman–Crippen MR) is 80.3 cm³/mol. The fourth-order valence-corrected chi connectivity index (χ4v) is 3.15. The van der Waals surface area contributed by atoms with Crippen molar-refractivity contribution in [3.8, 4) is 0 Å². The number of ether oxygens (including phenoxy) is 1. The van der Waals surface area contributed by atoms with Crippen molar-refractivity contribution in [3.05, 3.63) is 0 Å². The fourth-order valence-electron chi connectivity index (χ4n) is 3.15. The van der Waals surface area contributed by atoms with Crippen LogP contribution in [0.2, 0.25) is 0 Å². The highest BCUT2D eigenvalue weighted by Crippen LogP contribution is 2.25. The number of carboxylic acids is 1. The molecule has 2 heterocycles. The predicted octanol–water partition coefficient (Wildman–Crippen LogP) is 0.374. The maximum atomic E-state index is 12.5. The summed E-state index contributed by atoms with van der Waals surface area (Å²) < 4.78 is 5.33. The van der Waals surface area contributed by atoms with Crippen LogP contribution >= 0.6 is 0 Å². The van der Waals surface area contributed by atoms with Gasteiger partial charge in [-0.25, -0.2) is 4.79 Å². The lowest BCUT2D eigenvalue weighted by Crippen LogP contribution is -2.51. The molecule has 2 aliphatic rings. The van der Waals surface area contributed by atoms with Gasteiger partial charge < -0.3 is 24.4 Å². The van der Waals surface area contributed by atoms with Crippen LogP contribution < -0.4 is 5.11 Å². The van der Waals surface area contributed by atoms with Crippen LogP contribution in [0.3, 0.4) is 0 Å². The number of carbonyl (C=O) groups is 3. The number of carboxylic acid groups (broad SMARTS) is 1. The van der Waals surface area contributed by atoms with Crippen LogP contribution in [0.4, 0.5) is 4.79 Å². The average molecular weight is 325 g/mol. The SMILES string of the molecule is CC(C)(C)OC(=O)N1CCC(C(=O)N2CCC[C@@H]2C(=O)[O-])CC1. The molecule has 0 bridgehead atoms. The highest BCUT2D eigenvalue weighted by molar-refractivity contribution is 5.85. The Balaban J connectivity index is 1.88. The fraction of sp³-hybridized carbons (Fsp3) is 0.812. The quantitative estimate of drug-likeness (QED) is 0.732. The summed E-state index contributed by atoms with van der Waals surface area (Å²) in [5, 5.41) is 11.1. The van der Waals surface area contributed by atoms with Gasteiger partial charge in [0.05, 0.1) is 12.0 Å². The van der Waals surface area contributed by atoms with E-state index in [0.717, 1.165) is 0 Å². The third kappa shape index (κ3) is 4.36. The van der Waals surface area contributed by atoms with E-state index in [4.69, 9.17) is 4.74 Å². The van der Waals surface area contributed by atoms with Gasteiger partial charge in [-0.05, 0) is 46.5 Å². The van der Waals surface area contributed by atoms with Gasteiger partial charge in [-0.3, -0.25) is 4.79 Å².